The number of hydrogen-bond donors (Lipinski definition) is 3. The van der Waals surface area contributed by atoms with Gasteiger partial charge in [0.15, 0.2) is 0 Å². The van der Waals surface area contributed by atoms with Gasteiger partial charge in [0.25, 0.3) is 0 Å². The van der Waals surface area contributed by atoms with Gasteiger partial charge in [0.2, 0.25) is 0 Å². The van der Waals surface area contributed by atoms with Crippen LogP contribution < -0.4 is 16.9 Å². The van der Waals surface area contributed by atoms with Crippen LogP contribution in [0.1, 0.15) is 20.8 Å². The maximum Gasteiger partial charge on any atom is 0.143 e. The van der Waals surface area contributed by atoms with Crippen LogP contribution in [-0.4, -0.2) is 30.9 Å². The first-order chi connectivity index (χ1) is 6.52. The van der Waals surface area contributed by atoms with Gasteiger partial charge >= 0.3 is 0 Å². The van der Waals surface area contributed by atoms with Crippen molar-refractivity contribution in [2.24, 2.45) is 11.6 Å². The first kappa shape index (κ1) is 15.4. The van der Waals surface area contributed by atoms with Gasteiger partial charge in [-0.2, -0.15) is 0 Å². The zero-order chi connectivity index (χ0) is 11.6. The van der Waals surface area contributed by atoms with Crippen molar-refractivity contribution in [2.75, 3.05) is 20.1 Å². The number of carbonyl (C=O) groups is 1. The van der Waals surface area contributed by atoms with Crippen molar-refractivity contribution in [1.29, 1.82) is 0 Å². The molecule has 0 fully saturated rings. The minimum absolute atomic E-state index is 0.0869. The summed E-state index contributed by atoms with van der Waals surface area (Å²) in [5.74, 6) is 5.39. The quantitative estimate of drug-likeness (QED) is 0.424. The molecule has 0 spiro atoms. The molecule has 0 rings (SSSR count). The number of hydrogen-bond acceptors (Lipinski definition) is 5. The van der Waals surface area contributed by atoms with Gasteiger partial charge in [0.1, 0.15) is 5.78 Å². The average Bonchev–Trinajstić information content (AvgIpc) is 2.05. The van der Waals surface area contributed by atoms with E-state index in [1.54, 1.807) is 13.2 Å². The highest BCUT2D eigenvalue weighted by atomic mass is 16.1. The van der Waals surface area contributed by atoms with E-state index in [4.69, 9.17) is 11.6 Å². The molecule has 0 aliphatic carbocycles. The molecule has 14 heavy (non-hydrogen) atoms. The van der Waals surface area contributed by atoms with Crippen LogP contribution in [0.2, 0.25) is 0 Å². The summed E-state index contributed by atoms with van der Waals surface area (Å²) in [6, 6.07) is 0. The number of nitrogens with zero attached hydrogens (tertiary/aromatic N) is 1. The Kier molecular flexibility index (Phi) is 11.0. The second-order valence-electron chi connectivity index (χ2n) is 2.68. The topological polar surface area (TPSA) is 84.4 Å². The van der Waals surface area contributed by atoms with Crippen molar-refractivity contribution in [3.8, 4) is 0 Å². The minimum atomic E-state index is 0.0869. The normalized spacial score (nSPS) is 10.2. The molecule has 0 aromatic heterocycles. The average molecular weight is 202 g/mol. The zero-order valence-corrected chi connectivity index (χ0v) is 9.50. The van der Waals surface area contributed by atoms with Gasteiger partial charge in [-0.05, 0) is 6.92 Å². The summed E-state index contributed by atoms with van der Waals surface area (Å²) >= 11 is 0. The minimum Gasteiger partial charge on any atom is -0.400 e. The standard InChI is InChI=1S/C7H16N4O.C2H6/c1-6(12)3-10-4-7(8)5-11(2)9;1-2/h5,10H,3-4,8-9H2,1-2H3;1-2H3/b7-5-;. The summed E-state index contributed by atoms with van der Waals surface area (Å²) in [6.07, 6.45) is 1.59. The van der Waals surface area contributed by atoms with E-state index in [9.17, 15) is 4.79 Å². The van der Waals surface area contributed by atoms with Crippen LogP contribution in [0.4, 0.5) is 0 Å². The van der Waals surface area contributed by atoms with Crippen LogP contribution in [0.3, 0.4) is 0 Å². The van der Waals surface area contributed by atoms with Gasteiger partial charge in [0, 0.05) is 25.5 Å². The zero-order valence-electron chi connectivity index (χ0n) is 9.50. The SMILES string of the molecule is CC.CC(=O)CNC/C(N)=C/N(C)N. The molecule has 0 aliphatic heterocycles. The molecule has 5 heteroatoms. The molecule has 0 bridgehead atoms. The fourth-order valence-corrected chi connectivity index (χ4v) is 0.690. The summed E-state index contributed by atoms with van der Waals surface area (Å²) in [5, 5.41) is 4.23. The van der Waals surface area contributed by atoms with E-state index in [0.29, 0.717) is 18.8 Å². The number of ketones is 1. The molecular formula is C9H22N4O. The molecule has 0 radical (unpaired) electrons. The summed E-state index contributed by atoms with van der Waals surface area (Å²) in [7, 11) is 1.68. The second kappa shape index (κ2) is 10.0. The largest absolute Gasteiger partial charge is 0.400 e. The molecule has 0 saturated carbocycles. The van der Waals surface area contributed by atoms with Crippen LogP contribution in [-0.2, 0) is 4.79 Å². The number of hydrazine groups is 1. The van der Waals surface area contributed by atoms with E-state index in [0.717, 1.165) is 0 Å². The molecule has 0 aliphatic rings. The summed E-state index contributed by atoms with van der Waals surface area (Å²) in [6.45, 7) is 6.33. The first-order valence-electron chi connectivity index (χ1n) is 4.66. The van der Waals surface area contributed by atoms with Crippen LogP contribution in [0.5, 0.6) is 0 Å². The van der Waals surface area contributed by atoms with Gasteiger partial charge in [-0.25, -0.2) is 5.84 Å². The molecule has 5 N–H and O–H groups in total. The first-order valence-corrected chi connectivity index (χ1v) is 4.66. The lowest BCUT2D eigenvalue weighted by molar-refractivity contribution is -0.116. The highest BCUT2D eigenvalue weighted by molar-refractivity contribution is 5.77. The number of Topliss-reactive ketones (excluding diaryl/α,β-unsaturated/α-hetero) is 1. The highest BCUT2D eigenvalue weighted by Gasteiger charge is 1.93. The molecule has 0 aromatic rings. The van der Waals surface area contributed by atoms with Gasteiger partial charge in [-0.3, -0.25) is 4.79 Å². The fraction of sp³-hybridized carbons (Fsp3) is 0.667. The third-order valence-corrected chi connectivity index (χ3v) is 1.07. The lowest BCUT2D eigenvalue weighted by atomic mass is 10.4. The van der Waals surface area contributed by atoms with Crippen LogP contribution in [0.25, 0.3) is 0 Å². The smallest absolute Gasteiger partial charge is 0.143 e. The van der Waals surface area contributed by atoms with E-state index in [1.165, 1.54) is 11.9 Å². The predicted octanol–water partition coefficient (Wildman–Crippen LogP) is -0.203. The Hall–Kier alpha value is -1.07. The monoisotopic (exact) mass is 202 g/mol. The van der Waals surface area contributed by atoms with Crippen molar-refractivity contribution in [1.82, 2.24) is 10.3 Å². The van der Waals surface area contributed by atoms with E-state index in [-0.39, 0.29) is 5.78 Å². The van der Waals surface area contributed by atoms with Gasteiger partial charge in [0.05, 0.1) is 6.54 Å². The molecule has 0 unspecified atom stereocenters. The number of nitrogens with two attached hydrogens (primary N) is 2. The molecular weight excluding hydrogens is 180 g/mol. The molecule has 0 atom stereocenters. The Morgan fingerprint density at radius 2 is 1.93 bits per heavy atom. The number of carbonyl (C=O) groups excluding carboxylic acids is 1. The van der Waals surface area contributed by atoms with Crippen molar-refractivity contribution in [3.05, 3.63) is 11.9 Å². The lowest BCUT2D eigenvalue weighted by Gasteiger charge is -2.07. The molecule has 0 amide bonds. The Morgan fingerprint density at radius 3 is 2.29 bits per heavy atom. The van der Waals surface area contributed by atoms with Gasteiger partial charge in [-0.1, -0.05) is 13.8 Å². The van der Waals surface area contributed by atoms with E-state index in [1.807, 2.05) is 13.8 Å². The fourth-order valence-electron chi connectivity index (χ4n) is 0.690. The summed E-state index contributed by atoms with van der Waals surface area (Å²) < 4.78 is 0. The van der Waals surface area contributed by atoms with Crippen LogP contribution in [0.15, 0.2) is 11.9 Å². The van der Waals surface area contributed by atoms with Gasteiger partial charge in [-0.15, -0.1) is 0 Å². The number of rotatable bonds is 5. The van der Waals surface area contributed by atoms with Crippen molar-refractivity contribution in [3.63, 3.8) is 0 Å². The van der Waals surface area contributed by atoms with Crippen molar-refractivity contribution >= 4 is 5.78 Å². The Morgan fingerprint density at radius 1 is 1.43 bits per heavy atom. The predicted molar refractivity (Wildman–Crippen MR) is 59.1 cm³/mol. The van der Waals surface area contributed by atoms with Gasteiger partial charge < -0.3 is 16.1 Å². The summed E-state index contributed by atoms with van der Waals surface area (Å²) in [4.78, 5) is 10.5. The molecule has 5 nitrogen and oxygen atoms in total. The van der Waals surface area contributed by atoms with Crippen molar-refractivity contribution in [2.45, 2.75) is 20.8 Å². The van der Waals surface area contributed by atoms with E-state index < -0.39 is 0 Å². The molecule has 0 aromatic carbocycles. The molecule has 0 saturated heterocycles. The molecule has 0 heterocycles. The van der Waals surface area contributed by atoms with Crippen molar-refractivity contribution < 1.29 is 4.79 Å². The van der Waals surface area contributed by atoms with E-state index in [2.05, 4.69) is 5.32 Å². The molecule has 84 valence electrons. The highest BCUT2D eigenvalue weighted by Crippen LogP contribution is 1.81. The second-order valence-corrected chi connectivity index (χ2v) is 2.68. The Labute approximate surface area is 86.1 Å². The lowest BCUT2D eigenvalue weighted by Crippen LogP contribution is -2.28. The number of nitrogens with one attached hydrogen (secondary N) is 1. The maximum atomic E-state index is 10.5. The summed E-state index contributed by atoms with van der Waals surface area (Å²) in [5.41, 5.74) is 6.12. The third kappa shape index (κ3) is 13.5. The Balaban J connectivity index is 0. The van der Waals surface area contributed by atoms with Crippen LogP contribution >= 0.6 is 0 Å². The third-order valence-electron chi connectivity index (χ3n) is 1.07. The van der Waals surface area contributed by atoms with Crippen LogP contribution in [0, 0.1) is 0 Å². The van der Waals surface area contributed by atoms with E-state index >= 15 is 0 Å². The maximum absolute atomic E-state index is 10.5. The Bertz CT molecular complexity index is 178.